The van der Waals surface area contributed by atoms with Crippen molar-refractivity contribution < 1.29 is 14.3 Å². The first-order valence-corrected chi connectivity index (χ1v) is 16.2. The number of nitrogens with one attached hydrogen (secondary N) is 1. The summed E-state index contributed by atoms with van der Waals surface area (Å²) in [7, 11) is 0. The molecule has 204 valence electrons. The number of hydrogen-bond acceptors (Lipinski definition) is 5. The fraction of sp³-hybridized carbons (Fsp3) is 0.677. The van der Waals surface area contributed by atoms with Crippen LogP contribution in [0.1, 0.15) is 134 Å². The summed E-state index contributed by atoms with van der Waals surface area (Å²) in [5.41, 5.74) is 4.02. The van der Waals surface area contributed by atoms with Crippen molar-refractivity contribution in [3.05, 3.63) is 37.4 Å². The van der Waals surface area contributed by atoms with Crippen LogP contribution in [-0.4, -0.2) is 18.5 Å². The quantitative estimate of drug-likeness (QED) is 0.391. The molecule has 1 N–H and O–H groups in total. The third-order valence-electron chi connectivity index (χ3n) is 8.25. The molecule has 1 unspecified atom stereocenters. The summed E-state index contributed by atoms with van der Waals surface area (Å²) in [5, 5.41) is 5.91. The van der Waals surface area contributed by atoms with E-state index < -0.39 is 0 Å². The molecule has 2 aliphatic carbocycles. The lowest BCUT2D eigenvalue weighted by atomic mass is 9.72. The summed E-state index contributed by atoms with van der Waals surface area (Å²) in [6, 6.07) is 0. The van der Waals surface area contributed by atoms with Gasteiger partial charge in [-0.2, -0.15) is 0 Å². The predicted octanol–water partition coefficient (Wildman–Crippen LogP) is 9.00. The van der Waals surface area contributed by atoms with Gasteiger partial charge in [0, 0.05) is 15.1 Å². The molecule has 2 aromatic rings. The zero-order valence-electron chi connectivity index (χ0n) is 23.3. The van der Waals surface area contributed by atoms with Crippen LogP contribution in [0.15, 0.2) is 5.38 Å². The van der Waals surface area contributed by atoms with Gasteiger partial charge in [0.1, 0.15) is 5.00 Å². The maximum atomic E-state index is 13.6. The Hall–Kier alpha value is -1.66. The van der Waals surface area contributed by atoms with Gasteiger partial charge in [-0.1, -0.05) is 65.7 Å². The van der Waals surface area contributed by atoms with Crippen LogP contribution < -0.4 is 5.32 Å². The minimum absolute atomic E-state index is 0.0778. The van der Waals surface area contributed by atoms with Crippen LogP contribution in [0, 0.1) is 11.3 Å². The van der Waals surface area contributed by atoms with Crippen LogP contribution in [0.3, 0.4) is 0 Å². The highest BCUT2D eigenvalue weighted by molar-refractivity contribution is 7.17. The zero-order chi connectivity index (χ0) is 26.4. The van der Waals surface area contributed by atoms with Crippen LogP contribution in [0.2, 0.25) is 0 Å². The summed E-state index contributed by atoms with van der Waals surface area (Å²) < 4.78 is 5.51. The van der Waals surface area contributed by atoms with Gasteiger partial charge in [-0.15, -0.1) is 22.7 Å². The van der Waals surface area contributed by atoms with Crippen molar-refractivity contribution in [2.75, 3.05) is 11.9 Å². The number of carbonyl (C=O) groups is 2. The second kappa shape index (κ2) is 12.9. The highest BCUT2D eigenvalue weighted by Crippen LogP contribution is 2.42. The van der Waals surface area contributed by atoms with E-state index in [0.717, 1.165) is 56.1 Å². The number of esters is 1. The van der Waals surface area contributed by atoms with E-state index >= 15 is 0 Å². The predicted molar refractivity (Wildman–Crippen MR) is 156 cm³/mol. The lowest BCUT2D eigenvalue weighted by molar-refractivity contribution is 0.0526. The Kier molecular flexibility index (Phi) is 9.90. The van der Waals surface area contributed by atoms with Crippen molar-refractivity contribution in [1.82, 2.24) is 0 Å². The molecule has 4 nitrogen and oxygen atoms in total. The van der Waals surface area contributed by atoms with Crippen molar-refractivity contribution >= 4 is 39.6 Å². The zero-order valence-corrected chi connectivity index (χ0v) is 24.9. The van der Waals surface area contributed by atoms with Gasteiger partial charge in [0.25, 0.3) is 5.91 Å². The number of rotatable bonds is 4. The third kappa shape index (κ3) is 7.06. The molecule has 2 aliphatic rings. The van der Waals surface area contributed by atoms with Gasteiger partial charge in [0.05, 0.1) is 17.7 Å². The molecule has 0 aliphatic heterocycles. The fourth-order valence-corrected chi connectivity index (χ4v) is 8.36. The van der Waals surface area contributed by atoms with E-state index in [4.69, 9.17) is 4.74 Å². The number of thiophene rings is 2. The highest BCUT2D eigenvalue weighted by Gasteiger charge is 2.32. The number of amides is 1. The molecule has 0 aromatic carbocycles. The summed E-state index contributed by atoms with van der Waals surface area (Å²) in [4.78, 5) is 29.4. The SMILES string of the molecule is CCOC(=O)c1c(NC(=O)c2csc3c2CCC(C(C)(C)C)C3)sc2c1CCCCCCCCCCC2. The summed E-state index contributed by atoms with van der Waals surface area (Å²) >= 11 is 3.33. The van der Waals surface area contributed by atoms with Crippen molar-refractivity contribution in [3.63, 3.8) is 0 Å². The van der Waals surface area contributed by atoms with Gasteiger partial charge in [0.2, 0.25) is 0 Å². The molecule has 0 spiro atoms. The average molecular weight is 544 g/mol. The van der Waals surface area contributed by atoms with Crippen LogP contribution >= 0.6 is 22.7 Å². The Bertz CT molecular complexity index is 1080. The van der Waals surface area contributed by atoms with E-state index in [2.05, 4.69) is 26.1 Å². The first kappa shape index (κ1) is 28.4. The van der Waals surface area contributed by atoms with Gasteiger partial charge < -0.3 is 10.1 Å². The molecule has 2 heterocycles. The Morgan fingerprint density at radius 1 is 0.919 bits per heavy atom. The highest BCUT2D eigenvalue weighted by atomic mass is 32.1. The van der Waals surface area contributed by atoms with Gasteiger partial charge in [-0.3, -0.25) is 4.79 Å². The molecule has 0 radical (unpaired) electrons. The summed E-state index contributed by atoms with van der Waals surface area (Å²) in [5.74, 6) is 0.277. The van der Waals surface area contributed by atoms with E-state index in [0.29, 0.717) is 23.1 Å². The van der Waals surface area contributed by atoms with Crippen LogP contribution in [0.4, 0.5) is 5.00 Å². The molecule has 1 atom stereocenters. The number of ether oxygens (including phenoxy) is 1. The van der Waals surface area contributed by atoms with Crippen molar-refractivity contribution in [2.24, 2.45) is 11.3 Å². The molecule has 0 bridgehead atoms. The molecule has 0 fully saturated rings. The topological polar surface area (TPSA) is 55.4 Å². The first-order chi connectivity index (χ1) is 17.8. The Labute approximate surface area is 231 Å². The van der Waals surface area contributed by atoms with Gasteiger partial charge in [-0.05, 0) is 74.3 Å². The van der Waals surface area contributed by atoms with E-state index in [-0.39, 0.29) is 17.3 Å². The van der Waals surface area contributed by atoms with Crippen molar-refractivity contribution in [2.45, 2.75) is 118 Å². The molecule has 0 saturated heterocycles. The van der Waals surface area contributed by atoms with Crippen LogP contribution in [0.5, 0.6) is 0 Å². The summed E-state index contributed by atoms with van der Waals surface area (Å²) in [6.07, 6.45) is 16.1. The number of hydrogen-bond donors (Lipinski definition) is 1. The number of carbonyl (C=O) groups excluding carboxylic acids is 2. The fourth-order valence-electron chi connectivity index (χ4n) is 5.92. The number of anilines is 1. The Morgan fingerprint density at radius 3 is 2.22 bits per heavy atom. The minimum Gasteiger partial charge on any atom is -0.462 e. The monoisotopic (exact) mass is 543 g/mol. The van der Waals surface area contributed by atoms with Gasteiger partial charge in [-0.25, -0.2) is 4.79 Å². The number of aryl methyl sites for hydroxylation is 1. The van der Waals surface area contributed by atoms with E-state index in [1.807, 2.05) is 12.3 Å². The molecule has 2 aromatic heterocycles. The second-order valence-electron chi connectivity index (χ2n) is 11.9. The lowest BCUT2D eigenvalue weighted by Crippen LogP contribution is -2.27. The van der Waals surface area contributed by atoms with Gasteiger partial charge in [0.15, 0.2) is 0 Å². The first-order valence-electron chi connectivity index (χ1n) is 14.5. The molecule has 6 heteroatoms. The molecule has 37 heavy (non-hydrogen) atoms. The minimum atomic E-state index is -0.292. The smallest absolute Gasteiger partial charge is 0.341 e. The van der Waals surface area contributed by atoms with E-state index in [9.17, 15) is 9.59 Å². The Morgan fingerprint density at radius 2 is 1.57 bits per heavy atom. The van der Waals surface area contributed by atoms with E-state index in [1.165, 1.54) is 60.3 Å². The lowest BCUT2D eigenvalue weighted by Gasteiger charge is -2.34. The molecule has 1 amide bonds. The molecule has 0 saturated carbocycles. The molecule has 4 rings (SSSR count). The standard InChI is InChI=1S/C31H45NO3S2/c1-5-35-30(34)27-23-15-13-11-9-7-6-8-10-12-14-16-25(23)37-29(27)32-28(33)24-20-36-26-19-21(31(2,3)4)17-18-22(24)26/h20-21H,5-19H2,1-4H3,(H,32,33). The third-order valence-corrected chi connectivity index (χ3v) is 10.5. The van der Waals surface area contributed by atoms with Gasteiger partial charge >= 0.3 is 5.97 Å². The molecular formula is C31H45NO3S2. The largest absolute Gasteiger partial charge is 0.462 e. The average Bonchev–Trinajstić information content (AvgIpc) is 3.42. The van der Waals surface area contributed by atoms with Crippen LogP contribution in [-0.2, 0) is 30.4 Å². The maximum absolute atomic E-state index is 13.6. The van der Waals surface area contributed by atoms with Crippen molar-refractivity contribution in [3.8, 4) is 0 Å². The van der Waals surface area contributed by atoms with E-state index in [1.54, 1.807) is 22.7 Å². The summed E-state index contributed by atoms with van der Waals surface area (Å²) in [6.45, 7) is 9.14. The Balaban J connectivity index is 1.60. The van der Waals surface area contributed by atoms with Crippen LogP contribution in [0.25, 0.3) is 0 Å². The second-order valence-corrected chi connectivity index (χ2v) is 14.0. The maximum Gasteiger partial charge on any atom is 0.341 e. The normalized spacial score (nSPS) is 19.5. The number of fused-ring (bicyclic) bond motifs is 2. The molecular weight excluding hydrogens is 498 g/mol. The van der Waals surface area contributed by atoms with Crippen molar-refractivity contribution in [1.29, 1.82) is 0 Å².